The number of carbonyl (C=O) groups excluding carboxylic acids is 1. The number of benzene rings is 1. The quantitative estimate of drug-likeness (QED) is 0.800. The van der Waals surface area contributed by atoms with Gasteiger partial charge in [0.05, 0.1) is 13.1 Å². The number of fused-ring (bicyclic) bond motifs is 4. The standard InChI is InChI=1S/C24H29N3O3/c1-2-26-9-3-6-16-12-18-22(14-20(16)26)30-23-15-21-17(13-19(23)25-18)7-4-10-27(21)11-5-8-24(28)29/h12-15,21H,2-11H2,1H3,(H,28,29). The number of nitrogens with zero attached hydrogens (tertiary/aromatic N) is 2. The Labute approximate surface area is 177 Å². The van der Waals surface area contributed by atoms with E-state index in [1.807, 2.05) is 0 Å². The minimum Gasteiger partial charge on any atom is -0.550 e. The SMILES string of the molecule is CCN1CCCc2cc3c(cc21)OC1=CC2C(=CC1=N3)CCC[NH+]2CCCC(=O)[O-]. The summed E-state index contributed by atoms with van der Waals surface area (Å²) in [7, 11) is 0. The van der Waals surface area contributed by atoms with Crippen molar-refractivity contribution in [2.45, 2.75) is 51.5 Å². The molecule has 3 heterocycles. The zero-order chi connectivity index (χ0) is 20.7. The minimum atomic E-state index is -0.963. The summed E-state index contributed by atoms with van der Waals surface area (Å²) in [4.78, 5) is 19.6. The first-order valence-corrected chi connectivity index (χ1v) is 11.3. The molecule has 3 aliphatic heterocycles. The highest BCUT2D eigenvalue weighted by Gasteiger charge is 2.35. The van der Waals surface area contributed by atoms with Gasteiger partial charge in [0.15, 0.2) is 11.5 Å². The third-order valence-corrected chi connectivity index (χ3v) is 6.79. The zero-order valence-electron chi connectivity index (χ0n) is 17.6. The van der Waals surface area contributed by atoms with E-state index in [1.54, 1.807) is 0 Å². The summed E-state index contributed by atoms with van der Waals surface area (Å²) in [5.41, 5.74) is 5.89. The van der Waals surface area contributed by atoms with Crippen molar-refractivity contribution in [2.75, 3.05) is 31.1 Å². The summed E-state index contributed by atoms with van der Waals surface area (Å²) >= 11 is 0. The third-order valence-electron chi connectivity index (χ3n) is 6.79. The van der Waals surface area contributed by atoms with Crippen molar-refractivity contribution in [1.29, 1.82) is 0 Å². The number of ether oxygens (including phenoxy) is 1. The molecule has 1 saturated heterocycles. The van der Waals surface area contributed by atoms with Crippen LogP contribution in [-0.4, -0.2) is 43.9 Å². The fourth-order valence-electron chi connectivity index (χ4n) is 5.30. The van der Waals surface area contributed by atoms with Crippen molar-refractivity contribution in [3.8, 4) is 5.75 Å². The van der Waals surface area contributed by atoms with Crippen molar-refractivity contribution in [1.82, 2.24) is 0 Å². The van der Waals surface area contributed by atoms with E-state index in [2.05, 4.69) is 36.1 Å². The number of hydrogen-bond acceptors (Lipinski definition) is 5. The van der Waals surface area contributed by atoms with E-state index in [-0.39, 0.29) is 12.5 Å². The van der Waals surface area contributed by atoms with E-state index in [0.29, 0.717) is 6.42 Å². The van der Waals surface area contributed by atoms with Crippen LogP contribution in [0.5, 0.6) is 5.75 Å². The number of aliphatic carboxylic acids is 1. The topological polar surface area (TPSA) is 69.4 Å². The normalized spacial score (nSPS) is 24.3. The molecule has 4 aliphatic rings. The Morgan fingerprint density at radius 1 is 1.33 bits per heavy atom. The molecule has 0 radical (unpaired) electrons. The van der Waals surface area contributed by atoms with Crippen LogP contribution in [0.2, 0.25) is 0 Å². The van der Waals surface area contributed by atoms with Crippen molar-refractivity contribution in [2.24, 2.45) is 4.99 Å². The lowest BCUT2D eigenvalue weighted by atomic mass is 9.89. The number of likely N-dealkylation sites (tertiary alicyclic amines) is 1. The second kappa shape index (κ2) is 7.91. The molecular weight excluding hydrogens is 378 g/mol. The second-order valence-electron chi connectivity index (χ2n) is 8.70. The van der Waals surface area contributed by atoms with Gasteiger partial charge in [-0.25, -0.2) is 4.99 Å². The number of piperidine rings is 1. The molecule has 0 aromatic heterocycles. The van der Waals surface area contributed by atoms with E-state index in [4.69, 9.17) is 9.73 Å². The van der Waals surface area contributed by atoms with Crippen LogP contribution in [0.25, 0.3) is 0 Å². The molecule has 158 valence electrons. The van der Waals surface area contributed by atoms with Crippen LogP contribution in [-0.2, 0) is 11.2 Å². The Morgan fingerprint density at radius 3 is 3.07 bits per heavy atom. The zero-order valence-corrected chi connectivity index (χ0v) is 17.6. The Bertz CT molecular complexity index is 963. The van der Waals surface area contributed by atoms with Gasteiger partial charge >= 0.3 is 0 Å². The number of aliphatic imine (C=N–C) groups is 1. The maximum Gasteiger partial charge on any atom is 0.155 e. The molecule has 6 nitrogen and oxygen atoms in total. The minimum absolute atomic E-state index is 0.126. The molecule has 1 aromatic carbocycles. The van der Waals surface area contributed by atoms with Crippen LogP contribution < -0.4 is 19.6 Å². The number of rotatable bonds is 5. The number of quaternary nitrogens is 1. The largest absolute Gasteiger partial charge is 0.550 e. The number of carbonyl (C=O) groups is 1. The summed E-state index contributed by atoms with van der Waals surface area (Å²) in [6.45, 7) is 6.18. The first kappa shape index (κ1) is 19.4. The van der Waals surface area contributed by atoms with Crippen LogP contribution in [0.1, 0.15) is 44.6 Å². The molecule has 1 aromatic rings. The van der Waals surface area contributed by atoms with Gasteiger partial charge in [0, 0.05) is 49.7 Å². The lowest BCUT2D eigenvalue weighted by Crippen LogP contribution is -3.16. The Kier molecular flexibility index (Phi) is 5.11. The van der Waals surface area contributed by atoms with E-state index in [0.717, 1.165) is 68.3 Å². The fourth-order valence-corrected chi connectivity index (χ4v) is 5.30. The van der Waals surface area contributed by atoms with Gasteiger partial charge in [0.25, 0.3) is 0 Å². The van der Waals surface area contributed by atoms with E-state index < -0.39 is 5.97 Å². The van der Waals surface area contributed by atoms with Crippen LogP contribution in [0.4, 0.5) is 11.4 Å². The van der Waals surface area contributed by atoms with Gasteiger partial charge < -0.3 is 24.4 Å². The third kappa shape index (κ3) is 3.54. The van der Waals surface area contributed by atoms with Gasteiger partial charge in [0.1, 0.15) is 17.4 Å². The Balaban J connectivity index is 1.43. The van der Waals surface area contributed by atoms with Gasteiger partial charge in [0.2, 0.25) is 0 Å². The summed E-state index contributed by atoms with van der Waals surface area (Å²) < 4.78 is 6.38. The highest BCUT2D eigenvalue weighted by Crippen LogP contribution is 2.42. The number of hydrogen-bond donors (Lipinski definition) is 1. The number of allylic oxidation sites excluding steroid dienone is 1. The predicted molar refractivity (Wildman–Crippen MR) is 114 cm³/mol. The lowest BCUT2D eigenvalue weighted by Gasteiger charge is -2.36. The molecule has 2 unspecified atom stereocenters. The number of anilines is 1. The first-order valence-electron chi connectivity index (χ1n) is 11.3. The van der Waals surface area contributed by atoms with Crippen LogP contribution in [0.3, 0.4) is 0 Å². The van der Waals surface area contributed by atoms with E-state index >= 15 is 0 Å². The molecule has 6 heteroatoms. The molecule has 1 fully saturated rings. The fraction of sp³-hybridized carbons (Fsp3) is 0.500. The summed E-state index contributed by atoms with van der Waals surface area (Å²) in [5, 5.41) is 10.8. The molecule has 0 bridgehead atoms. The van der Waals surface area contributed by atoms with Crippen LogP contribution in [0.15, 0.2) is 40.6 Å². The predicted octanol–water partition coefficient (Wildman–Crippen LogP) is 1.33. The van der Waals surface area contributed by atoms with Crippen molar-refractivity contribution < 1.29 is 19.5 Å². The highest BCUT2D eigenvalue weighted by molar-refractivity contribution is 6.11. The molecular formula is C24H29N3O3. The molecule has 5 rings (SSSR count). The summed E-state index contributed by atoms with van der Waals surface area (Å²) in [6, 6.07) is 4.62. The molecule has 0 saturated carbocycles. The number of carboxylic acids is 1. The number of nitrogens with one attached hydrogen (secondary N) is 1. The van der Waals surface area contributed by atoms with E-state index in [9.17, 15) is 9.90 Å². The Morgan fingerprint density at radius 2 is 2.23 bits per heavy atom. The maximum atomic E-state index is 10.8. The van der Waals surface area contributed by atoms with E-state index in [1.165, 1.54) is 28.1 Å². The van der Waals surface area contributed by atoms with Gasteiger partial charge in [-0.3, -0.25) is 0 Å². The highest BCUT2D eigenvalue weighted by atomic mass is 16.5. The molecule has 1 aliphatic carbocycles. The number of aryl methyl sites for hydroxylation is 1. The lowest BCUT2D eigenvalue weighted by molar-refractivity contribution is -0.917. The molecule has 30 heavy (non-hydrogen) atoms. The van der Waals surface area contributed by atoms with Crippen molar-refractivity contribution >= 4 is 23.1 Å². The molecule has 2 atom stereocenters. The van der Waals surface area contributed by atoms with Crippen molar-refractivity contribution in [3.63, 3.8) is 0 Å². The first-order chi connectivity index (χ1) is 14.6. The average Bonchev–Trinajstić information content (AvgIpc) is 2.74. The van der Waals surface area contributed by atoms with Gasteiger partial charge in [-0.2, -0.15) is 0 Å². The van der Waals surface area contributed by atoms with Gasteiger partial charge in [-0.05, 0) is 55.9 Å². The second-order valence-corrected chi connectivity index (χ2v) is 8.70. The summed E-state index contributed by atoms with van der Waals surface area (Å²) in [6.07, 6.45) is 9.66. The number of carboxylic acid groups (broad SMARTS) is 1. The molecule has 0 spiro atoms. The smallest absolute Gasteiger partial charge is 0.155 e. The average molecular weight is 408 g/mol. The maximum absolute atomic E-state index is 10.8. The van der Waals surface area contributed by atoms with Crippen LogP contribution in [0, 0.1) is 0 Å². The molecule has 0 amide bonds. The van der Waals surface area contributed by atoms with Gasteiger partial charge in [-0.15, -0.1) is 0 Å². The van der Waals surface area contributed by atoms with Crippen LogP contribution >= 0.6 is 0 Å². The van der Waals surface area contributed by atoms with Gasteiger partial charge in [-0.1, -0.05) is 0 Å². The molecule has 1 N–H and O–H groups in total. The summed E-state index contributed by atoms with van der Waals surface area (Å²) in [5.74, 6) is 0.722. The van der Waals surface area contributed by atoms with Crippen molar-refractivity contribution in [3.05, 3.63) is 41.2 Å². The monoisotopic (exact) mass is 407 g/mol. The Hall–Kier alpha value is -2.60.